The van der Waals surface area contributed by atoms with Crippen LogP contribution in [-0.2, 0) is 0 Å². The van der Waals surface area contributed by atoms with Gasteiger partial charge in [0, 0.05) is 23.3 Å². The highest BCUT2D eigenvalue weighted by molar-refractivity contribution is 7.07. The minimum Gasteiger partial charge on any atom is -0.378 e. The molecule has 4 heteroatoms. The largest absolute Gasteiger partial charge is 0.378 e. The zero-order valence-corrected chi connectivity index (χ0v) is 12.2. The van der Waals surface area contributed by atoms with Crippen molar-refractivity contribution in [1.29, 1.82) is 0 Å². The molecule has 0 spiro atoms. The Morgan fingerprint density at radius 2 is 2.20 bits per heavy atom. The first kappa shape index (κ1) is 13.2. The Balaban J connectivity index is 1.68. The topological polar surface area (TPSA) is 41.1 Å². The third-order valence-corrected chi connectivity index (χ3v) is 4.17. The Kier molecular flexibility index (Phi) is 3.74. The van der Waals surface area contributed by atoms with Crippen LogP contribution in [0.1, 0.15) is 41.7 Å². The lowest BCUT2D eigenvalue weighted by Gasteiger charge is -2.15. The van der Waals surface area contributed by atoms with Gasteiger partial charge in [0.05, 0.1) is 0 Å². The predicted molar refractivity (Wildman–Crippen MR) is 83.3 cm³/mol. The summed E-state index contributed by atoms with van der Waals surface area (Å²) in [7, 11) is 0. The van der Waals surface area contributed by atoms with Crippen molar-refractivity contribution in [2.45, 2.75) is 31.8 Å². The number of benzene rings is 1. The van der Waals surface area contributed by atoms with Gasteiger partial charge in [0.15, 0.2) is 0 Å². The molecule has 1 atom stereocenters. The quantitative estimate of drug-likeness (QED) is 0.877. The van der Waals surface area contributed by atoms with E-state index < -0.39 is 0 Å². The second-order valence-electron chi connectivity index (χ2n) is 5.25. The van der Waals surface area contributed by atoms with Crippen molar-refractivity contribution < 1.29 is 4.79 Å². The standard InChI is InChI=1S/C16H18N2OS/c1-11(13-7-8-20-10-13)17-15-4-2-3-12(9-15)16(19)18-14-5-6-14/h2-4,7-11,14,17H,5-6H2,1H3,(H,18,19). The van der Waals surface area contributed by atoms with Crippen molar-refractivity contribution in [3.8, 4) is 0 Å². The zero-order chi connectivity index (χ0) is 13.9. The van der Waals surface area contributed by atoms with Gasteiger partial charge in [-0.05, 0) is 60.4 Å². The van der Waals surface area contributed by atoms with E-state index in [1.54, 1.807) is 11.3 Å². The normalized spacial score (nSPS) is 15.7. The van der Waals surface area contributed by atoms with E-state index in [9.17, 15) is 4.79 Å². The molecule has 0 aliphatic heterocycles. The smallest absolute Gasteiger partial charge is 0.251 e. The fraction of sp³-hybridized carbons (Fsp3) is 0.312. The molecule has 1 heterocycles. The summed E-state index contributed by atoms with van der Waals surface area (Å²) in [5.41, 5.74) is 2.97. The monoisotopic (exact) mass is 286 g/mol. The maximum Gasteiger partial charge on any atom is 0.251 e. The van der Waals surface area contributed by atoms with Gasteiger partial charge in [0.1, 0.15) is 0 Å². The molecule has 20 heavy (non-hydrogen) atoms. The molecule has 104 valence electrons. The number of hydrogen-bond acceptors (Lipinski definition) is 3. The number of amides is 1. The highest BCUT2D eigenvalue weighted by Gasteiger charge is 2.23. The van der Waals surface area contributed by atoms with E-state index in [2.05, 4.69) is 34.4 Å². The number of thiophene rings is 1. The molecule has 1 aliphatic rings. The van der Waals surface area contributed by atoms with Crippen molar-refractivity contribution in [2.24, 2.45) is 0 Å². The second-order valence-corrected chi connectivity index (χ2v) is 6.03. The Morgan fingerprint density at radius 3 is 2.90 bits per heavy atom. The van der Waals surface area contributed by atoms with Crippen LogP contribution >= 0.6 is 11.3 Å². The average molecular weight is 286 g/mol. The van der Waals surface area contributed by atoms with Crippen molar-refractivity contribution in [2.75, 3.05) is 5.32 Å². The van der Waals surface area contributed by atoms with Crippen LogP contribution in [0, 0.1) is 0 Å². The van der Waals surface area contributed by atoms with Gasteiger partial charge in [-0.2, -0.15) is 11.3 Å². The van der Waals surface area contributed by atoms with E-state index in [-0.39, 0.29) is 11.9 Å². The molecule has 2 N–H and O–H groups in total. The van der Waals surface area contributed by atoms with Crippen molar-refractivity contribution in [1.82, 2.24) is 5.32 Å². The lowest BCUT2D eigenvalue weighted by atomic mass is 10.1. The number of rotatable bonds is 5. The van der Waals surface area contributed by atoms with E-state index in [1.807, 2.05) is 24.3 Å². The van der Waals surface area contributed by atoms with Gasteiger partial charge in [-0.3, -0.25) is 4.79 Å². The summed E-state index contributed by atoms with van der Waals surface area (Å²) in [5.74, 6) is 0.0272. The SMILES string of the molecule is CC(Nc1cccc(C(=O)NC2CC2)c1)c1ccsc1. The molecule has 3 rings (SSSR count). The number of carbonyl (C=O) groups excluding carboxylic acids is 1. The lowest BCUT2D eigenvalue weighted by Crippen LogP contribution is -2.25. The fourth-order valence-electron chi connectivity index (χ4n) is 2.10. The van der Waals surface area contributed by atoms with Gasteiger partial charge in [-0.15, -0.1) is 0 Å². The molecular weight excluding hydrogens is 268 g/mol. The molecule has 1 amide bonds. The maximum absolute atomic E-state index is 12.0. The van der Waals surface area contributed by atoms with Gasteiger partial charge in [0.2, 0.25) is 0 Å². The molecule has 0 radical (unpaired) electrons. The van der Waals surface area contributed by atoms with Crippen molar-refractivity contribution >= 4 is 22.9 Å². The van der Waals surface area contributed by atoms with Gasteiger partial charge in [-0.1, -0.05) is 6.07 Å². The van der Waals surface area contributed by atoms with Gasteiger partial charge in [0.25, 0.3) is 5.91 Å². The molecule has 1 aliphatic carbocycles. The molecule has 1 aromatic carbocycles. The summed E-state index contributed by atoms with van der Waals surface area (Å²) < 4.78 is 0. The first-order chi connectivity index (χ1) is 9.72. The van der Waals surface area contributed by atoms with E-state index >= 15 is 0 Å². The Hall–Kier alpha value is -1.81. The number of hydrogen-bond donors (Lipinski definition) is 2. The van der Waals surface area contributed by atoms with Crippen LogP contribution in [-0.4, -0.2) is 11.9 Å². The Labute approximate surface area is 123 Å². The number of anilines is 1. The van der Waals surface area contributed by atoms with Gasteiger partial charge in [-0.25, -0.2) is 0 Å². The van der Waals surface area contributed by atoms with E-state index in [0.29, 0.717) is 6.04 Å². The average Bonchev–Trinajstić information content (AvgIpc) is 3.08. The predicted octanol–water partition coefficient (Wildman–Crippen LogP) is 3.81. The minimum absolute atomic E-state index is 0.0272. The highest BCUT2D eigenvalue weighted by Crippen LogP contribution is 2.23. The Morgan fingerprint density at radius 1 is 1.35 bits per heavy atom. The third-order valence-electron chi connectivity index (χ3n) is 3.46. The molecule has 1 saturated carbocycles. The molecule has 1 fully saturated rings. The van der Waals surface area contributed by atoms with E-state index in [4.69, 9.17) is 0 Å². The molecule has 2 aromatic rings. The summed E-state index contributed by atoms with van der Waals surface area (Å²) >= 11 is 1.70. The van der Waals surface area contributed by atoms with Crippen LogP contribution in [0.25, 0.3) is 0 Å². The highest BCUT2D eigenvalue weighted by atomic mass is 32.1. The second kappa shape index (κ2) is 5.67. The molecule has 1 aromatic heterocycles. The zero-order valence-electron chi connectivity index (χ0n) is 11.4. The molecule has 0 bridgehead atoms. The van der Waals surface area contributed by atoms with Crippen LogP contribution < -0.4 is 10.6 Å². The first-order valence-corrected chi connectivity index (χ1v) is 7.86. The lowest BCUT2D eigenvalue weighted by molar-refractivity contribution is 0.0951. The summed E-state index contributed by atoms with van der Waals surface area (Å²) in [4.78, 5) is 12.0. The van der Waals surface area contributed by atoms with Gasteiger partial charge >= 0.3 is 0 Å². The summed E-state index contributed by atoms with van der Waals surface area (Å²) in [6, 6.07) is 10.4. The number of nitrogens with one attached hydrogen (secondary N) is 2. The van der Waals surface area contributed by atoms with Gasteiger partial charge < -0.3 is 10.6 Å². The molecule has 3 nitrogen and oxygen atoms in total. The molecular formula is C16H18N2OS. The first-order valence-electron chi connectivity index (χ1n) is 6.92. The van der Waals surface area contributed by atoms with E-state index in [0.717, 1.165) is 24.1 Å². The maximum atomic E-state index is 12.0. The minimum atomic E-state index is 0.0272. The van der Waals surface area contributed by atoms with Crippen LogP contribution in [0.5, 0.6) is 0 Å². The molecule has 1 unspecified atom stereocenters. The van der Waals surface area contributed by atoms with Crippen molar-refractivity contribution in [3.63, 3.8) is 0 Å². The fourth-order valence-corrected chi connectivity index (χ4v) is 2.86. The summed E-state index contributed by atoms with van der Waals surface area (Å²) in [6.07, 6.45) is 2.22. The number of carbonyl (C=O) groups is 1. The third kappa shape index (κ3) is 3.20. The van der Waals surface area contributed by atoms with Crippen LogP contribution in [0.4, 0.5) is 5.69 Å². The van der Waals surface area contributed by atoms with Crippen LogP contribution in [0.3, 0.4) is 0 Å². The van der Waals surface area contributed by atoms with Crippen LogP contribution in [0.15, 0.2) is 41.1 Å². The van der Waals surface area contributed by atoms with Crippen molar-refractivity contribution in [3.05, 3.63) is 52.2 Å². The van der Waals surface area contributed by atoms with E-state index in [1.165, 1.54) is 5.56 Å². The summed E-state index contributed by atoms with van der Waals surface area (Å²) in [5, 5.41) is 10.7. The van der Waals surface area contributed by atoms with Crippen LogP contribution in [0.2, 0.25) is 0 Å². The Bertz CT molecular complexity index is 590. The summed E-state index contributed by atoms with van der Waals surface area (Å²) in [6.45, 7) is 2.12. The molecule has 0 saturated heterocycles.